The quantitative estimate of drug-likeness (QED) is 0.275. The molecule has 2 N–H and O–H groups in total. The summed E-state index contributed by atoms with van der Waals surface area (Å²) in [5, 5.41) is 14.9. The van der Waals surface area contributed by atoms with E-state index in [0.29, 0.717) is 54.1 Å². The number of pyridine rings is 1. The molecule has 1 saturated heterocycles. The molecule has 0 bridgehead atoms. The highest BCUT2D eigenvalue weighted by atomic mass is 35.5. The second kappa shape index (κ2) is 13.8. The summed E-state index contributed by atoms with van der Waals surface area (Å²) in [4.78, 5) is 17.6. The molecule has 8 heteroatoms. The van der Waals surface area contributed by atoms with Crippen LogP contribution in [0.15, 0.2) is 18.5 Å². The Morgan fingerprint density at radius 2 is 1.97 bits per heavy atom. The minimum atomic E-state index is -0.495. The largest absolute Gasteiger partial charge is 0.393 e. The van der Waals surface area contributed by atoms with Gasteiger partial charge in [0.15, 0.2) is 0 Å². The Morgan fingerprint density at radius 1 is 1.23 bits per heavy atom. The fraction of sp³-hybridized carbons (Fsp3) is 0.742. The summed E-state index contributed by atoms with van der Waals surface area (Å²) >= 11 is 6.65. The smallest absolute Gasteiger partial charge is 0.223 e. The van der Waals surface area contributed by atoms with Gasteiger partial charge in [0.2, 0.25) is 5.91 Å². The number of imidazole rings is 1. The van der Waals surface area contributed by atoms with Crippen LogP contribution in [0.3, 0.4) is 0 Å². The van der Waals surface area contributed by atoms with Gasteiger partial charge >= 0.3 is 0 Å². The predicted molar refractivity (Wildman–Crippen MR) is 155 cm³/mol. The third kappa shape index (κ3) is 7.75. The zero-order chi connectivity index (χ0) is 28.1. The van der Waals surface area contributed by atoms with Crippen LogP contribution in [0.25, 0.3) is 5.52 Å². The van der Waals surface area contributed by atoms with Crippen molar-refractivity contribution < 1.29 is 19.4 Å². The second-order valence-electron chi connectivity index (χ2n) is 12.5. The van der Waals surface area contributed by atoms with Gasteiger partial charge in [-0.25, -0.2) is 4.98 Å². The molecule has 0 spiro atoms. The number of methoxy groups -OCH3 is 1. The topological polar surface area (TPSA) is 85.1 Å². The van der Waals surface area contributed by atoms with Crippen molar-refractivity contribution in [2.24, 2.45) is 41.4 Å². The summed E-state index contributed by atoms with van der Waals surface area (Å²) in [7, 11) is 1.72. The van der Waals surface area contributed by atoms with Gasteiger partial charge < -0.3 is 24.3 Å². The van der Waals surface area contributed by atoms with Crippen LogP contribution in [-0.4, -0.2) is 60.0 Å². The molecule has 39 heavy (non-hydrogen) atoms. The van der Waals surface area contributed by atoms with E-state index in [0.717, 1.165) is 56.8 Å². The summed E-state index contributed by atoms with van der Waals surface area (Å²) in [5.74, 6) is 3.79. The predicted octanol–water partition coefficient (Wildman–Crippen LogP) is 5.19. The Bertz CT molecular complexity index is 1080. The zero-order valence-electron chi connectivity index (χ0n) is 24.4. The number of aliphatic hydroxyl groups excluding tert-OH is 1. The average Bonchev–Trinajstić information content (AvgIpc) is 3.20. The highest BCUT2D eigenvalue weighted by molar-refractivity contribution is 6.33. The fourth-order valence-corrected chi connectivity index (χ4v) is 6.60. The molecule has 2 aliphatic rings. The molecule has 1 amide bonds. The molecule has 1 aliphatic carbocycles. The van der Waals surface area contributed by atoms with E-state index >= 15 is 0 Å². The van der Waals surface area contributed by atoms with Crippen LogP contribution < -0.4 is 5.32 Å². The van der Waals surface area contributed by atoms with E-state index in [1.807, 2.05) is 6.20 Å². The van der Waals surface area contributed by atoms with E-state index in [2.05, 4.69) is 54.7 Å². The number of aromatic nitrogens is 2. The number of nitrogens with zero attached hydrogens (tertiary/aromatic N) is 2. The van der Waals surface area contributed by atoms with Crippen molar-refractivity contribution in [3.05, 3.63) is 34.9 Å². The van der Waals surface area contributed by atoms with Crippen molar-refractivity contribution >= 4 is 23.0 Å². The highest BCUT2D eigenvalue weighted by Gasteiger charge is 2.53. The Balaban J connectivity index is 1.31. The van der Waals surface area contributed by atoms with Gasteiger partial charge in [0, 0.05) is 38.8 Å². The summed E-state index contributed by atoms with van der Waals surface area (Å²) in [6.45, 7) is 11.8. The number of aryl methyl sites for hydroxylation is 1. The third-order valence-corrected chi connectivity index (χ3v) is 9.40. The average molecular weight is 562 g/mol. The molecule has 4 rings (SSSR count). The van der Waals surface area contributed by atoms with Crippen LogP contribution in [0.4, 0.5) is 0 Å². The summed E-state index contributed by atoms with van der Waals surface area (Å²) in [6, 6.07) is 2.06. The molecule has 5 unspecified atom stereocenters. The Hall–Kier alpha value is -1.67. The van der Waals surface area contributed by atoms with Gasteiger partial charge in [0.1, 0.15) is 5.82 Å². The maximum absolute atomic E-state index is 13.0. The lowest BCUT2D eigenvalue weighted by atomic mass is 9.83. The van der Waals surface area contributed by atoms with Crippen molar-refractivity contribution in [1.82, 2.24) is 14.7 Å². The summed E-state index contributed by atoms with van der Waals surface area (Å²) in [5.41, 5.74) is 2.11. The van der Waals surface area contributed by atoms with Gasteiger partial charge in [0.25, 0.3) is 0 Å². The monoisotopic (exact) mass is 561 g/mol. The molecule has 0 radical (unpaired) electrons. The normalized spacial score (nSPS) is 22.8. The van der Waals surface area contributed by atoms with Crippen LogP contribution in [0.1, 0.15) is 64.8 Å². The molecular formula is C31H48ClN3O4. The van der Waals surface area contributed by atoms with Crippen molar-refractivity contribution in [3.63, 3.8) is 0 Å². The Labute approximate surface area is 239 Å². The first-order valence-corrected chi connectivity index (χ1v) is 15.2. The van der Waals surface area contributed by atoms with Crippen molar-refractivity contribution in [3.8, 4) is 0 Å². The van der Waals surface area contributed by atoms with E-state index in [9.17, 15) is 9.90 Å². The van der Waals surface area contributed by atoms with Gasteiger partial charge in [-0.2, -0.15) is 0 Å². The lowest BCUT2D eigenvalue weighted by molar-refractivity contribution is -0.127. The van der Waals surface area contributed by atoms with Crippen molar-refractivity contribution in [2.75, 3.05) is 33.5 Å². The molecule has 2 aromatic rings. The highest BCUT2D eigenvalue weighted by Crippen LogP contribution is 2.50. The molecule has 218 valence electrons. The number of halogens is 1. The SMILES string of the molecule is COCCCc1ncc2c(Cl)cc(CC(CCC(O)CC(C(=O)NCC3C4COCC34)C(C)C)C(C)C)cn12. The first kappa shape index (κ1) is 30.3. The van der Waals surface area contributed by atoms with Gasteiger partial charge in [-0.1, -0.05) is 39.3 Å². The number of aliphatic hydroxyl groups is 1. The van der Waals surface area contributed by atoms with Crippen LogP contribution in [-0.2, 0) is 27.1 Å². The Morgan fingerprint density at radius 3 is 2.64 bits per heavy atom. The van der Waals surface area contributed by atoms with Crippen LogP contribution in [0.2, 0.25) is 5.02 Å². The Kier molecular flexibility index (Phi) is 10.7. The van der Waals surface area contributed by atoms with Crippen molar-refractivity contribution in [2.45, 2.75) is 72.3 Å². The van der Waals surface area contributed by atoms with E-state index in [-0.39, 0.29) is 17.7 Å². The molecule has 5 atom stereocenters. The lowest BCUT2D eigenvalue weighted by Crippen LogP contribution is -2.37. The van der Waals surface area contributed by atoms with E-state index < -0.39 is 6.10 Å². The number of carbonyl (C=O) groups is 1. The maximum atomic E-state index is 13.0. The first-order valence-electron chi connectivity index (χ1n) is 14.9. The van der Waals surface area contributed by atoms with Gasteiger partial charge in [-0.15, -0.1) is 0 Å². The minimum absolute atomic E-state index is 0.0833. The molecule has 1 aliphatic heterocycles. The molecule has 3 heterocycles. The van der Waals surface area contributed by atoms with E-state index in [4.69, 9.17) is 21.1 Å². The first-order chi connectivity index (χ1) is 18.7. The van der Waals surface area contributed by atoms with Gasteiger partial charge in [0.05, 0.1) is 36.1 Å². The van der Waals surface area contributed by atoms with Gasteiger partial charge in [-0.3, -0.25) is 4.79 Å². The van der Waals surface area contributed by atoms with Crippen LogP contribution >= 0.6 is 11.6 Å². The second-order valence-corrected chi connectivity index (χ2v) is 12.9. The number of hydrogen-bond donors (Lipinski definition) is 2. The molecular weight excluding hydrogens is 514 g/mol. The molecule has 0 aromatic carbocycles. The van der Waals surface area contributed by atoms with Crippen molar-refractivity contribution in [1.29, 1.82) is 0 Å². The van der Waals surface area contributed by atoms with Crippen LogP contribution in [0.5, 0.6) is 0 Å². The number of amides is 1. The van der Waals surface area contributed by atoms with Gasteiger partial charge in [-0.05, 0) is 79.2 Å². The summed E-state index contributed by atoms with van der Waals surface area (Å²) < 4.78 is 12.8. The zero-order valence-corrected chi connectivity index (χ0v) is 25.1. The molecule has 2 fully saturated rings. The molecule has 1 saturated carbocycles. The van der Waals surface area contributed by atoms with E-state index in [1.165, 1.54) is 5.56 Å². The standard InChI is InChI=1S/C31H48ClN3O4/c1-19(2)22(11-21-12-28(32)29-15-33-30(35(29)16-21)7-6-10-38-5)8-9-23(36)13-24(20(3)4)31(37)34-14-25-26-17-39-18-27(25)26/h12,15-16,19-20,22-27,36H,6-11,13-14,17-18H2,1-5H3,(H,34,37). The number of carbonyl (C=O) groups excluding carboxylic acids is 1. The third-order valence-electron chi connectivity index (χ3n) is 9.09. The molecule has 7 nitrogen and oxygen atoms in total. The van der Waals surface area contributed by atoms with Crippen LogP contribution in [0, 0.1) is 41.4 Å². The lowest BCUT2D eigenvalue weighted by Gasteiger charge is -2.26. The summed E-state index contributed by atoms with van der Waals surface area (Å²) in [6.07, 6.45) is 8.24. The number of nitrogens with one attached hydrogen (secondary N) is 1. The number of fused-ring (bicyclic) bond motifs is 2. The van der Waals surface area contributed by atoms with E-state index in [1.54, 1.807) is 7.11 Å². The number of ether oxygens (including phenoxy) is 2. The number of rotatable bonds is 16. The minimum Gasteiger partial charge on any atom is -0.393 e. The number of hydrogen-bond acceptors (Lipinski definition) is 5. The molecule has 2 aromatic heterocycles. The fourth-order valence-electron chi connectivity index (χ4n) is 6.32. The maximum Gasteiger partial charge on any atom is 0.223 e.